The number of hydrogen-bond donors (Lipinski definition) is 3. The van der Waals surface area contributed by atoms with Crippen molar-refractivity contribution < 1.29 is 12.7 Å². The molecule has 0 aromatic carbocycles. The van der Waals surface area contributed by atoms with Crippen molar-refractivity contribution in [2.45, 2.75) is 0 Å². The van der Waals surface area contributed by atoms with Crippen molar-refractivity contribution in [2.24, 2.45) is 21.8 Å². The van der Waals surface area contributed by atoms with E-state index in [9.17, 15) is 8.42 Å². The number of rotatable bonds is 2. The zero-order chi connectivity index (χ0) is 7.49. The predicted octanol–water partition coefficient (Wildman–Crippen LogP) is -2.61. The second-order valence-corrected chi connectivity index (χ2v) is 2.27. The molecule has 0 unspecified atom stereocenters. The average molecular weight is 154 g/mol. The molecule has 0 spiro atoms. The Bertz CT molecular complexity index is 200. The van der Waals surface area contributed by atoms with E-state index in [4.69, 9.17) is 0 Å². The Morgan fingerprint density at radius 1 is 1.44 bits per heavy atom. The van der Waals surface area contributed by atoms with E-state index in [0.717, 1.165) is 0 Å². The quantitative estimate of drug-likeness (QED) is 0.227. The van der Waals surface area contributed by atoms with Crippen molar-refractivity contribution >= 4 is 16.3 Å². The normalized spacial score (nSPS) is 10.8. The molecule has 0 aliphatic rings. The third-order valence-electron chi connectivity index (χ3n) is 0.339. The highest BCUT2D eigenvalue weighted by Crippen LogP contribution is 1.85. The summed E-state index contributed by atoms with van der Waals surface area (Å²) in [6.07, 6.45) is 0. The Morgan fingerprint density at radius 3 is 2.00 bits per heavy atom. The van der Waals surface area contributed by atoms with Crippen LogP contribution in [-0.2, 0) is 14.6 Å². The van der Waals surface area contributed by atoms with Gasteiger partial charge in [-0.3, -0.25) is 0 Å². The van der Waals surface area contributed by atoms with Crippen LogP contribution >= 0.6 is 0 Å². The summed E-state index contributed by atoms with van der Waals surface area (Å²) in [5, 5.41) is 0. The summed E-state index contributed by atoms with van der Waals surface area (Å²) in [4.78, 5) is 0. The number of nitrogens with two attached hydrogens (primary N) is 3. The molecule has 7 nitrogen and oxygen atoms in total. The van der Waals surface area contributed by atoms with Crippen LogP contribution < -0.4 is 17.4 Å². The van der Waals surface area contributed by atoms with Crippen LogP contribution in [0.5, 0.6) is 0 Å². The molecule has 6 N–H and O–H groups in total. The lowest BCUT2D eigenvalue weighted by Gasteiger charge is -1.90. The topological polar surface area (TPSA) is 134 Å². The van der Waals surface area contributed by atoms with Gasteiger partial charge >= 0.3 is 10.3 Å². The largest absolute Gasteiger partial charge is 0.400 e. The van der Waals surface area contributed by atoms with Crippen LogP contribution in [-0.4, -0.2) is 14.4 Å². The van der Waals surface area contributed by atoms with E-state index in [1.165, 1.54) is 0 Å². The third-order valence-corrected chi connectivity index (χ3v) is 1.02. The van der Waals surface area contributed by atoms with Crippen LogP contribution in [0, 0.1) is 0 Å². The van der Waals surface area contributed by atoms with Crippen LogP contribution in [0.2, 0.25) is 0 Å². The van der Waals surface area contributed by atoms with Crippen LogP contribution in [0.1, 0.15) is 0 Å². The highest BCUT2D eigenvalue weighted by molar-refractivity contribution is 7.85. The summed E-state index contributed by atoms with van der Waals surface area (Å²) >= 11 is 0. The van der Waals surface area contributed by atoms with Gasteiger partial charge in [-0.05, 0) is 0 Å². The maximum Gasteiger partial charge on any atom is 0.400 e. The predicted molar refractivity (Wildman–Crippen MR) is 30.0 cm³/mol. The van der Waals surface area contributed by atoms with Crippen molar-refractivity contribution in [1.82, 2.24) is 0 Å². The van der Waals surface area contributed by atoms with E-state index in [0.29, 0.717) is 0 Å². The van der Waals surface area contributed by atoms with Gasteiger partial charge in [0.05, 0.1) is 0 Å². The Kier molecular flexibility index (Phi) is 2.37. The molecule has 54 valence electrons. The maximum atomic E-state index is 10.1. The molecule has 0 saturated heterocycles. The van der Waals surface area contributed by atoms with E-state index >= 15 is 0 Å². The molecule has 0 saturated carbocycles. The average Bonchev–Trinajstić information content (AvgIpc) is 1.63. The fourth-order valence-corrected chi connectivity index (χ4v) is 0.452. The first-order chi connectivity index (χ1) is 3.98. The van der Waals surface area contributed by atoms with Gasteiger partial charge in [0.25, 0.3) is 0 Å². The summed E-state index contributed by atoms with van der Waals surface area (Å²) in [5.74, 6) is 3.62. The summed E-state index contributed by atoms with van der Waals surface area (Å²) in [5.41, 5.74) is 9.33. The van der Waals surface area contributed by atoms with Gasteiger partial charge in [-0.15, -0.1) is 4.40 Å². The van der Waals surface area contributed by atoms with Crippen molar-refractivity contribution in [3.05, 3.63) is 0 Å². The molecule has 0 radical (unpaired) electrons. The highest BCUT2D eigenvalue weighted by atomic mass is 32.2. The summed E-state index contributed by atoms with van der Waals surface area (Å²) in [7, 11) is -4.10. The molecule has 0 bridgehead atoms. The Balaban J connectivity index is 4.41. The third kappa shape index (κ3) is 3.70. The molecular formula is CH6N4O3S. The van der Waals surface area contributed by atoms with Crippen LogP contribution in [0.25, 0.3) is 0 Å². The molecule has 0 amide bonds. The minimum atomic E-state index is -4.10. The van der Waals surface area contributed by atoms with Crippen LogP contribution in [0.4, 0.5) is 0 Å². The van der Waals surface area contributed by atoms with E-state index in [2.05, 4.69) is 26.0 Å². The molecule has 0 rings (SSSR count). The first-order valence-corrected chi connectivity index (χ1v) is 3.08. The minimum Gasteiger partial charge on any atom is -0.369 e. The van der Waals surface area contributed by atoms with Gasteiger partial charge in [0.2, 0.25) is 5.96 Å². The highest BCUT2D eigenvalue weighted by Gasteiger charge is 2.04. The zero-order valence-corrected chi connectivity index (χ0v) is 5.13. The molecule has 0 heterocycles. The fourth-order valence-electron chi connectivity index (χ4n) is 0.151. The van der Waals surface area contributed by atoms with Gasteiger partial charge < -0.3 is 11.5 Å². The molecule has 0 atom stereocenters. The van der Waals surface area contributed by atoms with Crippen LogP contribution in [0.3, 0.4) is 0 Å². The molecule has 0 aliphatic heterocycles. The van der Waals surface area contributed by atoms with Gasteiger partial charge in [0.15, 0.2) is 0 Å². The van der Waals surface area contributed by atoms with E-state index in [1.807, 2.05) is 0 Å². The second-order valence-electron chi connectivity index (χ2n) is 1.04. The lowest BCUT2D eigenvalue weighted by Crippen LogP contribution is -2.25. The zero-order valence-electron chi connectivity index (χ0n) is 4.31. The molecule has 9 heavy (non-hydrogen) atoms. The summed E-state index contributed by atoms with van der Waals surface area (Å²) < 4.78 is 26.2. The smallest absolute Gasteiger partial charge is 0.369 e. The van der Waals surface area contributed by atoms with Crippen molar-refractivity contribution in [1.29, 1.82) is 0 Å². The van der Waals surface area contributed by atoms with E-state index in [1.54, 1.807) is 0 Å². The SMILES string of the molecule is NOS(=O)(=O)N=C(N)N. The molecule has 0 aromatic heterocycles. The second kappa shape index (κ2) is 2.62. The van der Waals surface area contributed by atoms with Gasteiger partial charge in [0.1, 0.15) is 0 Å². The standard InChI is InChI=1S/CH6N4O3S/c2-1(3)5-9(6,7)8-4/h4H2,(H4,2,3,5). The fraction of sp³-hybridized carbons (Fsp3) is 0. The Morgan fingerprint density at radius 2 is 1.89 bits per heavy atom. The monoisotopic (exact) mass is 154 g/mol. The molecule has 8 heteroatoms. The lowest BCUT2D eigenvalue weighted by molar-refractivity contribution is 0.334. The molecule has 0 aromatic rings. The Labute approximate surface area is 51.7 Å². The molecular weight excluding hydrogens is 148 g/mol. The number of hydrogen-bond acceptors (Lipinski definition) is 4. The van der Waals surface area contributed by atoms with Crippen molar-refractivity contribution in [2.75, 3.05) is 0 Å². The van der Waals surface area contributed by atoms with Gasteiger partial charge in [-0.1, -0.05) is 0 Å². The van der Waals surface area contributed by atoms with Crippen molar-refractivity contribution in [3.8, 4) is 0 Å². The maximum absolute atomic E-state index is 10.1. The van der Waals surface area contributed by atoms with Gasteiger partial charge in [-0.2, -0.15) is 18.6 Å². The molecule has 0 aliphatic carbocycles. The first kappa shape index (κ1) is 8.14. The van der Waals surface area contributed by atoms with E-state index < -0.39 is 16.3 Å². The van der Waals surface area contributed by atoms with E-state index in [-0.39, 0.29) is 0 Å². The summed E-state index contributed by atoms with van der Waals surface area (Å²) in [6.45, 7) is 0. The number of nitrogens with zero attached hydrogens (tertiary/aromatic N) is 1. The summed E-state index contributed by atoms with van der Waals surface area (Å²) in [6, 6.07) is 0. The Hall–Kier alpha value is -0.860. The van der Waals surface area contributed by atoms with Crippen LogP contribution in [0.15, 0.2) is 4.40 Å². The van der Waals surface area contributed by atoms with Crippen molar-refractivity contribution in [3.63, 3.8) is 0 Å². The number of guanidine groups is 1. The minimum absolute atomic E-state index is 0.625. The molecule has 0 fully saturated rings. The lowest BCUT2D eigenvalue weighted by atomic mass is 11.1. The van der Waals surface area contributed by atoms with Gasteiger partial charge in [0, 0.05) is 0 Å². The first-order valence-electron chi connectivity index (χ1n) is 1.72. The van der Waals surface area contributed by atoms with Gasteiger partial charge in [-0.25, -0.2) is 0 Å².